The minimum Gasteiger partial charge on any atom is -0.465 e. The number of benzene rings is 2. The minimum absolute atomic E-state index is 0.208. The number of carbonyl (C=O) groups is 1. The van der Waals surface area contributed by atoms with Crippen LogP contribution in [-0.2, 0) is 14.6 Å². The average Bonchev–Trinajstić information content (AvgIpc) is 3.08. The average molecular weight is 470 g/mol. The molecule has 0 radical (unpaired) electrons. The van der Waals surface area contributed by atoms with Gasteiger partial charge in [-0.15, -0.1) is 0 Å². The number of hydrogen-bond acceptors (Lipinski definition) is 6. The predicted octanol–water partition coefficient (Wildman–Crippen LogP) is 5.36. The van der Waals surface area contributed by atoms with E-state index in [-0.39, 0.29) is 16.4 Å². The van der Waals surface area contributed by atoms with Crippen LogP contribution in [0.1, 0.15) is 56.4 Å². The first-order valence-corrected chi connectivity index (χ1v) is 13.0. The van der Waals surface area contributed by atoms with Crippen molar-refractivity contribution in [1.82, 2.24) is 9.55 Å². The summed E-state index contributed by atoms with van der Waals surface area (Å²) in [6.07, 6.45) is 4.43. The highest BCUT2D eigenvalue weighted by atomic mass is 32.2. The number of methoxy groups -OCH3 is 1. The molecule has 0 amide bonds. The minimum atomic E-state index is -3.27. The molecule has 0 bridgehead atoms. The number of imidazole rings is 1. The predicted molar refractivity (Wildman–Crippen MR) is 130 cm³/mol. The molecule has 0 saturated heterocycles. The number of aromatic nitrogens is 2. The number of nitrogens with one attached hydrogen (secondary N) is 1. The lowest BCUT2D eigenvalue weighted by atomic mass is 9.70. The van der Waals surface area contributed by atoms with Crippen LogP contribution in [0.15, 0.2) is 47.4 Å². The van der Waals surface area contributed by atoms with E-state index in [4.69, 9.17) is 9.72 Å². The van der Waals surface area contributed by atoms with E-state index >= 15 is 0 Å². The Bertz CT molecular complexity index is 1290. The second kappa shape index (κ2) is 8.48. The van der Waals surface area contributed by atoms with Gasteiger partial charge < -0.3 is 14.6 Å². The topological polar surface area (TPSA) is 90.3 Å². The maximum Gasteiger partial charge on any atom is 0.337 e. The van der Waals surface area contributed by atoms with Crippen molar-refractivity contribution >= 4 is 38.5 Å². The van der Waals surface area contributed by atoms with E-state index in [0.29, 0.717) is 22.9 Å². The summed E-state index contributed by atoms with van der Waals surface area (Å²) in [5, 5.41) is 3.38. The van der Waals surface area contributed by atoms with Gasteiger partial charge in [-0.2, -0.15) is 0 Å². The zero-order valence-corrected chi connectivity index (χ0v) is 20.6. The number of esters is 1. The molecular formula is C25H31N3O4S. The normalized spacial score (nSPS) is 20.5. The quantitative estimate of drug-likeness (QED) is 0.506. The van der Waals surface area contributed by atoms with Crippen molar-refractivity contribution in [2.45, 2.75) is 51.0 Å². The van der Waals surface area contributed by atoms with Crippen molar-refractivity contribution in [3.63, 3.8) is 0 Å². The lowest BCUT2D eigenvalue weighted by molar-refractivity contribution is 0.0601. The molecule has 2 aromatic carbocycles. The smallest absolute Gasteiger partial charge is 0.337 e. The fourth-order valence-electron chi connectivity index (χ4n) is 5.21. The molecule has 1 heterocycles. The van der Waals surface area contributed by atoms with Gasteiger partial charge in [0.15, 0.2) is 9.84 Å². The van der Waals surface area contributed by atoms with Crippen LogP contribution in [0.25, 0.3) is 11.0 Å². The van der Waals surface area contributed by atoms with Gasteiger partial charge >= 0.3 is 5.97 Å². The Morgan fingerprint density at radius 3 is 2.45 bits per heavy atom. The summed E-state index contributed by atoms with van der Waals surface area (Å²) in [5.41, 5.74) is 3.07. The third-order valence-electron chi connectivity index (χ3n) is 6.38. The number of ether oxygens (including phenoxy) is 1. The second-order valence-electron chi connectivity index (χ2n) is 9.99. The molecule has 3 aromatic rings. The van der Waals surface area contributed by atoms with Gasteiger partial charge in [0.25, 0.3) is 0 Å². The number of fused-ring (bicyclic) bond motifs is 1. The zero-order valence-electron chi connectivity index (χ0n) is 19.8. The first-order chi connectivity index (χ1) is 15.5. The Morgan fingerprint density at radius 1 is 1.15 bits per heavy atom. The summed E-state index contributed by atoms with van der Waals surface area (Å²) in [7, 11) is -1.90. The Labute approximate surface area is 195 Å². The first-order valence-electron chi connectivity index (χ1n) is 11.1. The Balaban J connectivity index is 1.79. The summed E-state index contributed by atoms with van der Waals surface area (Å²) in [4.78, 5) is 17.2. The van der Waals surface area contributed by atoms with E-state index < -0.39 is 15.8 Å². The molecule has 2 atom stereocenters. The third kappa shape index (κ3) is 4.90. The molecule has 8 heteroatoms. The van der Waals surface area contributed by atoms with Gasteiger partial charge in [-0.05, 0) is 73.1 Å². The monoisotopic (exact) mass is 469 g/mol. The largest absolute Gasteiger partial charge is 0.465 e. The molecule has 176 valence electrons. The van der Waals surface area contributed by atoms with E-state index in [9.17, 15) is 13.2 Å². The van der Waals surface area contributed by atoms with E-state index in [0.717, 1.165) is 24.0 Å². The lowest BCUT2D eigenvalue weighted by Crippen LogP contribution is -2.29. The second-order valence-corrected chi connectivity index (χ2v) is 12.0. The van der Waals surface area contributed by atoms with Crippen molar-refractivity contribution in [3.8, 4) is 0 Å². The van der Waals surface area contributed by atoms with Crippen LogP contribution < -0.4 is 5.32 Å². The van der Waals surface area contributed by atoms with Crippen molar-refractivity contribution in [2.75, 3.05) is 18.7 Å². The molecule has 4 rings (SSSR count). The lowest BCUT2D eigenvalue weighted by Gasteiger charge is -2.40. The number of carbonyl (C=O) groups excluding carboxylic acids is 1. The Kier molecular flexibility index (Phi) is 5.99. The van der Waals surface area contributed by atoms with Crippen LogP contribution >= 0.6 is 0 Å². The van der Waals surface area contributed by atoms with Crippen LogP contribution in [-0.4, -0.2) is 37.3 Å². The molecule has 0 aliphatic heterocycles. The first kappa shape index (κ1) is 23.3. The number of anilines is 2. The van der Waals surface area contributed by atoms with Crippen molar-refractivity contribution in [3.05, 3.63) is 48.0 Å². The number of rotatable bonds is 5. The van der Waals surface area contributed by atoms with Gasteiger partial charge in [-0.1, -0.05) is 20.8 Å². The molecule has 7 nitrogen and oxygen atoms in total. The standard InChI is InChI=1S/C25H31N3O4S/c1-16-12-19(15-25(2,3)14-16)28-22-11-6-17(23(29)32-4)13-21(22)27-24(28)26-18-7-9-20(10-8-18)33(5,30)31/h6-11,13,16,19H,12,14-15H2,1-5H3,(H,26,27)/t16-,19+/m0/s1. The third-order valence-corrected chi connectivity index (χ3v) is 7.51. The van der Waals surface area contributed by atoms with Crippen LogP contribution in [0.5, 0.6) is 0 Å². The fraction of sp³-hybridized carbons (Fsp3) is 0.440. The van der Waals surface area contributed by atoms with Gasteiger partial charge in [0.05, 0.1) is 28.6 Å². The molecule has 1 N–H and O–H groups in total. The molecule has 1 saturated carbocycles. The molecule has 1 fully saturated rings. The van der Waals surface area contributed by atoms with Gasteiger partial charge in [0.1, 0.15) is 0 Å². The highest BCUT2D eigenvalue weighted by Gasteiger charge is 2.34. The van der Waals surface area contributed by atoms with Crippen LogP contribution in [0.3, 0.4) is 0 Å². The van der Waals surface area contributed by atoms with E-state index in [1.807, 2.05) is 6.07 Å². The molecule has 0 spiro atoms. The van der Waals surface area contributed by atoms with Crippen molar-refractivity contribution in [2.24, 2.45) is 11.3 Å². The van der Waals surface area contributed by atoms with Gasteiger partial charge in [-0.25, -0.2) is 18.2 Å². The van der Waals surface area contributed by atoms with Crippen LogP contribution in [0.4, 0.5) is 11.6 Å². The Morgan fingerprint density at radius 2 is 1.85 bits per heavy atom. The summed E-state index contributed by atoms with van der Waals surface area (Å²) < 4.78 is 30.7. The molecule has 0 unspecified atom stereocenters. The van der Waals surface area contributed by atoms with Crippen LogP contribution in [0.2, 0.25) is 0 Å². The van der Waals surface area contributed by atoms with Crippen molar-refractivity contribution in [1.29, 1.82) is 0 Å². The Hall–Kier alpha value is -2.87. The van der Waals surface area contributed by atoms with E-state index in [1.165, 1.54) is 19.8 Å². The van der Waals surface area contributed by atoms with Crippen LogP contribution in [0, 0.1) is 11.3 Å². The zero-order chi connectivity index (χ0) is 24.0. The summed E-state index contributed by atoms with van der Waals surface area (Å²) >= 11 is 0. The molecule has 1 aliphatic carbocycles. The molecule has 1 aromatic heterocycles. The molecular weight excluding hydrogens is 438 g/mol. The highest BCUT2D eigenvalue weighted by Crippen LogP contribution is 2.46. The number of sulfone groups is 1. The van der Waals surface area contributed by atoms with Gasteiger partial charge in [0, 0.05) is 18.0 Å². The molecule has 1 aliphatic rings. The SMILES string of the molecule is COC(=O)c1ccc2c(c1)nc(Nc1ccc(S(C)(=O)=O)cc1)n2[C@@H]1C[C@H](C)CC(C)(C)C1. The summed E-state index contributed by atoms with van der Waals surface area (Å²) in [6, 6.07) is 12.4. The summed E-state index contributed by atoms with van der Waals surface area (Å²) in [6.45, 7) is 6.90. The fourth-order valence-corrected chi connectivity index (χ4v) is 5.84. The maximum atomic E-state index is 12.1. The van der Waals surface area contributed by atoms with E-state index in [1.54, 1.807) is 36.4 Å². The highest BCUT2D eigenvalue weighted by molar-refractivity contribution is 7.90. The van der Waals surface area contributed by atoms with Gasteiger partial charge in [-0.3, -0.25) is 0 Å². The molecule has 33 heavy (non-hydrogen) atoms. The maximum absolute atomic E-state index is 12.1. The summed E-state index contributed by atoms with van der Waals surface area (Å²) in [5.74, 6) is 0.853. The van der Waals surface area contributed by atoms with E-state index in [2.05, 4.69) is 30.7 Å². The number of nitrogens with zero attached hydrogens (tertiary/aromatic N) is 2. The van der Waals surface area contributed by atoms with Gasteiger partial charge in [0.2, 0.25) is 5.95 Å². The number of hydrogen-bond donors (Lipinski definition) is 1. The van der Waals surface area contributed by atoms with Crippen molar-refractivity contribution < 1.29 is 17.9 Å².